The fourth-order valence-corrected chi connectivity index (χ4v) is 3.46. The van der Waals surface area contributed by atoms with E-state index in [2.05, 4.69) is 4.98 Å². The van der Waals surface area contributed by atoms with E-state index in [1.807, 2.05) is 36.6 Å². The van der Waals surface area contributed by atoms with Crippen molar-refractivity contribution in [2.24, 2.45) is 0 Å². The van der Waals surface area contributed by atoms with Crippen LogP contribution in [0, 0.1) is 4.77 Å². The van der Waals surface area contributed by atoms with Gasteiger partial charge in [-0.25, -0.2) is 0 Å². The van der Waals surface area contributed by atoms with Crippen LogP contribution in [0.2, 0.25) is 0 Å². The van der Waals surface area contributed by atoms with Crippen LogP contribution in [0.4, 0.5) is 0 Å². The van der Waals surface area contributed by atoms with Crippen LogP contribution in [0.3, 0.4) is 0 Å². The minimum Gasteiger partial charge on any atom is -0.492 e. The topological polar surface area (TPSA) is 47.0 Å². The van der Waals surface area contributed by atoms with Crippen molar-refractivity contribution in [2.45, 2.75) is 19.9 Å². The number of hydrogen-bond acceptors (Lipinski definition) is 3. The smallest absolute Gasteiger partial charge is 0.178 e. The quantitative estimate of drug-likeness (QED) is 0.863. The second-order valence-corrected chi connectivity index (χ2v) is 6.34. The Bertz CT molecular complexity index is 660. The maximum absolute atomic E-state index is 11.4. The number of aromatic nitrogens is 2. The van der Waals surface area contributed by atoms with E-state index in [-0.39, 0.29) is 6.04 Å². The third kappa shape index (κ3) is 2.90. The van der Waals surface area contributed by atoms with E-state index in [1.165, 1.54) is 0 Å². The molecule has 1 N–H and O–H groups in total. The first-order valence-electron chi connectivity index (χ1n) is 6.20. The van der Waals surface area contributed by atoms with Gasteiger partial charge in [-0.2, -0.15) is 0 Å². The van der Waals surface area contributed by atoms with Crippen molar-refractivity contribution >= 4 is 34.1 Å². The van der Waals surface area contributed by atoms with E-state index in [4.69, 9.17) is 17.0 Å². The Labute approximate surface area is 120 Å². The fraction of sp³-hybridized carbons (Fsp3) is 0.462. The van der Waals surface area contributed by atoms with Crippen molar-refractivity contribution in [3.8, 4) is 5.75 Å². The number of hydrogen-bond donors (Lipinski definition) is 1. The van der Waals surface area contributed by atoms with Gasteiger partial charge in [-0.05, 0) is 38.2 Å². The molecular weight excluding hydrogens is 280 g/mol. The summed E-state index contributed by atoms with van der Waals surface area (Å²) >= 11 is 5.38. The van der Waals surface area contributed by atoms with Gasteiger partial charge < -0.3 is 14.3 Å². The zero-order valence-corrected chi connectivity index (χ0v) is 12.9. The Morgan fingerprint density at radius 3 is 2.89 bits per heavy atom. The predicted octanol–water partition coefficient (Wildman–Crippen LogP) is 3.04. The van der Waals surface area contributed by atoms with Gasteiger partial charge in [-0.15, -0.1) is 0 Å². The lowest BCUT2D eigenvalue weighted by Gasteiger charge is -2.13. The molecule has 0 aliphatic heterocycles. The summed E-state index contributed by atoms with van der Waals surface area (Å²) < 4.78 is 19.6. The van der Waals surface area contributed by atoms with Crippen molar-refractivity contribution in [3.63, 3.8) is 0 Å². The Kier molecular flexibility index (Phi) is 4.42. The summed E-state index contributed by atoms with van der Waals surface area (Å²) in [5, 5.41) is 0. The SMILES string of the molecule is CCOc1cccc2c1[nH]c(=S)n2C(C)CS(C)=O. The molecule has 2 rings (SSSR count). The number of para-hydroxylation sites is 1. The van der Waals surface area contributed by atoms with Gasteiger partial charge in [0.1, 0.15) is 11.3 Å². The third-order valence-corrected chi connectivity index (χ3v) is 4.18. The molecule has 1 aromatic heterocycles. The van der Waals surface area contributed by atoms with Gasteiger partial charge in [0.15, 0.2) is 4.77 Å². The number of nitrogens with zero attached hydrogens (tertiary/aromatic N) is 1. The molecule has 2 unspecified atom stereocenters. The fourth-order valence-electron chi connectivity index (χ4n) is 2.25. The minimum absolute atomic E-state index is 0.0870. The van der Waals surface area contributed by atoms with Gasteiger partial charge in [-0.3, -0.25) is 4.21 Å². The van der Waals surface area contributed by atoms with Crippen LogP contribution >= 0.6 is 12.2 Å². The number of fused-ring (bicyclic) bond motifs is 1. The standard InChI is InChI=1S/C13H18N2O2S2/c1-4-17-11-7-5-6-10-12(11)14-13(18)15(10)9(2)8-19(3)16/h5-7,9H,4,8H2,1-3H3,(H,14,18). The zero-order chi connectivity index (χ0) is 14.0. The van der Waals surface area contributed by atoms with Gasteiger partial charge >= 0.3 is 0 Å². The number of H-pyrrole nitrogens is 1. The number of rotatable bonds is 5. The van der Waals surface area contributed by atoms with E-state index in [1.54, 1.807) is 6.26 Å². The molecule has 0 saturated carbocycles. The molecular formula is C13H18N2O2S2. The zero-order valence-electron chi connectivity index (χ0n) is 11.3. The van der Waals surface area contributed by atoms with E-state index in [0.29, 0.717) is 17.1 Å². The van der Waals surface area contributed by atoms with Crippen LogP contribution in [0.5, 0.6) is 5.75 Å². The molecule has 0 saturated heterocycles. The summed E-state index contributed by atoms with van der Waals surface area (Å²) in [5.41, 5.74) is 1.90. The van der Waals surface area contributed by atoms with Crippen molar-refractivity contribution < 1.29 is 8.95 Å². The normalized spacial score (nSPS) is 14.5. The third-order valence-electron chi connectivity index (χ3n) is 2.93. The monoisotopic (exact) mass is 298 g/mol. The summed E-state index contributed by atoms with van der Waals surface area (Å²) in [5.74, 6) is 1.38. The van der Waals surface area contributed by atoms with Gasteiger partial charge in [0.05, 0.1) is 12.1 Å². The van der Waals surface area contributed by atoms with Crippen molar-refractivity contribution in [1.82, 2.24) is 9.55 Å². The predicted molar refractivity (Wildman–Crippen MR) is 81.9 cm³/mol. The molecule has 104 valence electrons. The first-order chi connectivity index (χ1) is 9.04. The average molecular weight is 298 g/mol. The molecule has 1 aromatic carbocycles. The lowest BCUT2D eigenvalue weighted by Crippen LogP contribution is -2.12. The van der Waals surface area contributed by atoms with E-state index < -0.39 is 10.8 Å². The molecule has 4 nitrogen and oxygen atoms in total. The molecule has 0 spiro atoms. The highest BCUT2D eigenvalue weighted by Gasteiger charge is 2.14. The Morgan fingerprint density at radius 2 is 2.26 bits per heavy atom. The van der Waals surface area contributed by atoms with Crippen LogP contribution in [-0.2, 0) is 10.8 Å². The van der Waals surface area contributed by atoms with Gasteiger partial charge in [0, 0.05) is 28.9 Å². The maximum Gasteiger partial charge on any atom is 0.178 e. The first-order valence-corrected chi connectivity index (χ1v) is 8.34. The highest BCUT2D eigenvalue weighted by molar-refractivity contribution is 7.84. The van der Waals surface area contributed by atoms with Crippen molar-refractivity contribution in [1.29, 1.82) is 0 Å². The Hall–Kier alpha value is -1.14. The summed E-state index contributed by atoms with van der Waals surface area (Å²) in [6.07, 6.45) is 1.71. The highest BCUT2D eigenvalue weighted by Crippen LogP contribution is 2.27. The number of aromatic amines is 1. The van der Waals surface area contributed by atoms with Gasteiger partial charge in [-0.1, -0.05) is 6.07 Å². The number of nitrogens with one attached hydrogen (secondary N) is 1. The Balaban J connectivity index is 2.56. The second kappa shape index (κ2) is 5.88. The van der Waals surface area contributed by atoms with E-state index >= 15 is 0 Å². The van der Waals surface area contributed by atoms with Crippen molar-refractivity contribution in [3.05, 3.63) is 23.0 Å². The van der Waals surface area contributed by atoms with Crippen LogP contribution in [0.1, 0.15) is 19.9 Å². The second-order valence-electron chi connectivity index (χ2n) is 4.47. The lowest BCUT2D eigenvalue weighted by molar-refractivity contribution is 0.343. The largest absolute Gasteiger partial charge is 0.492 e. The summed E-state index contributed by atoms with van der Waals surface area (Å²) in [7, 11) is -0.852. The minimum atomic E-state index is -0.852. The van der Waals surface area contributed by atoms with Crippen LogP contribution in [0.25, 0.3) is 11.0 Å². The summed E-state index contributed by atoms with van der Waals surface area (Å²) in [6, 6.07) is 5.95. The number of benzene rings is 1. The molecule has 19 heavy (non-hydrogen) atoms. The molecule has 0 amide bonds. The molecule has 2 atom stereocenters. The number of ether oxygens (including phenoxy) is 1. The van der Waals surface area contributed by atoms with Crippen LogP contribution < -0.4 is 4.74 Å². The first kappa shape index (κ1) is 14.3. The van der Waals surface area contributed by atoms with Crippen LogP contribution in [-0.4, -0.2) is 32.4 Å². The summed E-state index contributed by atoms with van der Waals surface area (Å²) in [6.45, 7) is 4.59. The summed E-state index contributed by atoms with van der Waals surface area (Å²) in [4.78, 5) is 3.19. The molecule has 0 bridgehead atoms. The molecule has 0 aliphatic carbocycles. The molecule has 2 aromatic rings. The maximum atomic E-state index is 11.4. The molecule has 0 radical (unpaired) electrons. The highest BCUT2D eigenvalue weighted by atomic mass is 32.2. The van der Waals surface area contributed by atoms with Crippen molar-refractivity contribution in [2.75, 3.05) is 18.6 Å². The molecule has 1 heterocycles. The lowest BCUT2D eigenvalue weighted by atomic mass is 10.2. The van der Waals surface area contributed by atoms with E-state index in [0.717, 1.165) is 16.8 Å². The molecule has 6 heteroatoms. The Morgan fingerprint density at radius 1 is 1.53 bits per heavy atom. The number of imidazole rings is 1. The average Bonchev–Trinajstić information content (AvgIpc) is 2.66. The van der Waals surface area contributed by atoms with E-state index in [9.17, 15) is 4.21 Å². The molecule has 0 fully saturated rings. The van der Waals surface area contributed by atoms with Gasteiger partial charge in [0.2, 0.25) is 0 Å². The molecule has 0 aliphatic rings. The van der Waals surface area contributed by atoms with Gasteiger partial charge in [0.25, 0.3) is 0 Å². The van der Waals surface area contributed by atoms with Crippen LogP contribution in [0.15, 0.2) is 18.2 Å².